The Morgan fingerprint density at radius 1 is 1.58 bits per heavy atom. The summed E-state index contributed by atoms with van der Waals surface area (Å²) in [4.78, 5) is 11.2. The molecule has 5 nitrogen and oxygen atoms in total. The van der Waals surface area contributed by atoms with Crippen LogP contribution in [-0.4, -0.2) is 20.0 Å². The number of nitrogens with one attached hydrogen (secondary N) is 1. The van der Waals surface area contributed by atoms with Crippen LogP contribution in [0.25, 0.3) is 10.9 Å². The van der Waals surface area contributed by atoms with E-state index in [1.165, 1.54) is 0 Å². The molecule has 0 spiro atoms. The number of hydrogen-bond donors (Lipinski definition) is 1. The molecule has 0 aromatic carbocycles. The Bertz CT molecular complexity index is 482. The van der Waals surface area contributed by atoms with Crippen LogP contribution in [0, 0.1) is 6.92 Å². The molecule has 62 valence electrons. The molecule has 5 heteroatoms. The smallest absolute Gasteiger partial charge is 0.267 e. The molecule has 0 saturated heterocycles. The normalized spacial score (nSPS) is 10.8. The first kappa shape index (κ1) is 7.02. The second kappa shape index (κ2) is 2.17. The van der Waals surface area contributed by atoms with Crippen LogP contribution in [0.15, 0.2) is 11.0 Å². The van der Waals surface area contributed by atoms with Gasteiger partial charge in [0.05, 0.1) is 22.8 Å². The van der Waals surface area contributed by atoms with Gasteiger partial charge in [0.25, 0.3) is 5.56 Å². The molecule has 1 N–H and O–H groups in total. The number of hydrogen-bond acceptors (Lipinski definition) is 3. The maximum atomic E-state index is 11.2. The van der Waals surface area contributed by atoms with E-state index in [9.17, 15) is 4.79 Å². The molecule has 2 aromatic rings. The van der Waals surface area contributed by atoms with Crippen molar-refractivity contribution in [2.75, 3.05) is 0 Å². The van der Waals surface area contributed by atoms with E-state index >= 15 is 0 Å². The van der Waals surface area contributed by atoms with Crippen molar-refractivity contribution in [3.63, 3.8) is 0 Å². The molecule has 0 radical (unpaired) electrons. The standard InChI is InChI=1S/C7H8N4O/c1-4-6-5(11(2)10-4)3-8-9-7(6)12/h3H,1-2H3,(H,9,12). The number of aryl methyl sites for hydroxylation is 2. The quantitative estimate of drug-likeness (QED) is 0.594. The topological polar surface area (TPSA) is 63.6 Å². The van der Waals surface area contributed by atoms with Gasteiger partial charge in [-0.1, -0.05) is 0 Å². The average Bonchev–Trinajstić information content (AvgIpc) is 2.29. The highest BCUT2D eigenvalue weighted by molar-refractivity contribution is 5.79. The van der Waals surface area contributed by atoms with Crippen molar-refractivity contribution in [2.45, 2.75) is 6.92 Å². The Hall–Kier alpha value is -1.65. The fourth-order valence-corrected chi connectivity index (χ4v) is 1.31. The fourth-order valence-electron chi connectivity index (χ4n) is 1.31. The molecular formula is C7H8N4O. The van der Waals surface area contributed by atoms with E-state index in [-0.39, 0.29) is 5.56 Å². The fraction of sp³-hybridized carbons (Fsp3) is 0.286. The van der Waals surface area contributed by atoms with Crippen LogP contribution in [-0.2, 0) is 7.05 Å². The maximum absolute atomic E-state index is 11.2. The summed E-state index contributed by atoms with van der Waals surface area (Å²) in [5.74, 6) is 0. The molecule has 2 heterocycles. The zero-order valence-electron chi connectivity index (χ0n) is 6.83. The number of aromatic amines is 1. The highest BCUT2D eigenvalue weighted by atomic mass is 16.1. The minimum absolute atomic E-state index is 0.182. The van der Waals surface area contributed by atoms with Crippen LogP contribution >= 0.6 is 0 Å². The third kappa shape index (κ3) is 0.761. The van der Waals surface area contributed by atoms with Crippen molar-refractivity contribution in [2.24, 2.45) is 7.05 Å². The summed E-state index contributed by atoms with van der Waals surface area (Å²) in [6.45, 7) is 1.80. The summed E-state index contributed by atoms with van der Waals surface area (Å²) in [6, 6.07) is 0. The second-order valence-corrected chi connectivity index (χ2v) is 2.67. The van der Waals surface area contributed by atoms with Crippen LogP contribution in [0.5, 0.6) is 0 Å². The van der Waals surface area contributed by atoms with Gasteiger partial charge in [0.15, 0.2) is 0 Å². The predicted octanol–water partition coefficient (Wildman–Crippen LogP) is -0.0350. The van der Waals surface area contributed by atoms with E-state index in [1.807, 2.05) is 0 Å². The Morgan fingerprint density at radius 3 is 3.00 bits per heavy atom. The van der Waals surface area contributed by atoms with Gasteiger partial charge >= 0.3 is 0 Å². The Balaban J connectivity index is 3.09. The molecule has 0 aliphatic carbocycles. The molecule has 0 aliphatic rings. The van der Waals surface area contributed by atoms with Gasteiger partial charge in [0, 0.05) is 7.05 Å². The van der Waals surface area contributed by atoms with Gasteiger partial charge in [-0.25, -0.2) is 5.10 Å². The van der Waals surface area contributed by atoms with Crippen molar-refractivity contribution in [1.29, 1.82) is 0 Å². The SMILES string of the molecule is Cc1nn(C)c2cn[nH]c(=O)c12. The van der Waals surface area contributed by atoms with Crippen LogP contribution in [0.1, 0.15) is 5.69 Å². The highest BCUT2D eigenvalue weighted by Gasteiger charge is 2.07. The molecule has 12 heavy (non-hydrogen) atoms. The third-order valence-electron chi connectivity index (χ3n) is 1.85. The summed E-state index contributed by atoms with van der Waals surface area (Å²) in [7, 11) is 1.79. The third-order valence-corrected chi connectivity index (χ3v) is 1.85. The lowest BCUT2D eigenvalue weighted by atomic mass is 10.3. The van der Waals surface area contributed by atoms with E-state index in [1.54, 1.807) is 24.9 Å². The van der Waals surface area contributed by atoms with Crippen molar-refractivity contribution >= 4 is 10.9 Å². The Kier molecular flexibility index (Phi) is 1.27. The monoisotopic (exact) mass is 164 g/mol. The lowest BCUT2D eigenvalue weighted by Crippen LogP contribution is -2.07. The van der Waals surface area contributed by atoms with Gasteiger partial charge in [-0.05, 0) is 6.92 Å². The van der Waals surface area contributed by atoms with Crippen molar-refractivity contribution in [3.05, 3.63) is 22.2 Å². The molecule has 0 fully saturated rings. The molecule has 0 atom stereocenters. The van der Waals surface area contributed by atoms with Crippen molar-refractivity contribution < 1.29 is 0 Å². The van der Waals surface area contributed by atoms with Gasteiger partial charge in [-0.2, -0.15) is 10.2 Å². The molecule has 2 rings (SSSR count). The molecular weight excluding hydrogens is 156 g/mol. The predicted molar refractivity (Wildman–Crippen MR) is 43.9 cm³/mol. The number of nitrogens with zero attached hydrogens (tertiary/aromatic N) is 3. The van der Waals surface area contributed by atoms with Crippen LogP contribution in [0.2, 0.25) is 0 Å². The summed E-state index contributed by atoms with van der Waals surface area (Å²) in [5.41, 5.74) is 1.31. The minimum Gasteiger partial charge on any atom is -0.267 e. The number of fused-ring (bicyclic) bond motifs is 1. The molecule has 0 amide bonds. The first-order valence-corrected chi connectivity index (χ1v) is 3.57. The van der Waals surface area contributed by atoms with E-state index in [4.69, 9.17) is 0 Å². The van der Waals surface area contributed by atoms with Gasteiger partial charge in [-0.3, -0.25) is 9.48 Å². The van der Waals surface area contributed by atoms with Gasteiger partial charge < -0.3 is 0 Å². The lowest BCUT2D eigenvalue weighted by molar-refractivity contribution is 0.781. The Labute approximate surface area is 68.0 Å². The molecule has 2 aromatic heterocycles. The second-order valence-electron chi connectivity index (χ2n) is 2.67. The van der Waals surface area contributed by atoms with Gasteiger partial charge in [0.2, 0.25) is 0 Å². The summed E-state index contributed by atoms with van der Waals surface area (Å²) in [5, 5.41) is 10.8. The Morgan fingerprint density at radius 2 is 2.33 bits per heavy atom. The first-order valence-electron chi connectivity index (χ1n) is 3.57. The molecule has 0 aliphatic heterocycles. The van der Waals surface area contributed by atoms with Crippen LogP contribution in [0.3, 0.4) is 0 Å². The maximum Gasteiger partial charge on any atom is 0.275 e. The number of aromatic nitrogens is 4. The lowest BCUT2D eigenvalue weighted by Gasteiger charge is -1.89. The summed E-state index contributed by atoms with van der Waals surface area (Å²) >= 11 is 0. The zero-order valence-corrected chi connectivity index (χ0v) is 6.83. The number of rotatable bonds is 0. The van der Waals surface area contributed by atoms with Gasteiger partial charge in [0.1, 0.15) is 0 Å². The van der Waals surface area contributed by atoms with Crippen LogP contribution in [0.4, 0.5) is 0 Å². The van der Waals surface area contributed by atoms with Gasteiger partial charge in [-0.15, -0.1) is 0 Å². The van der Waals surface area contributed by atoms with E-state index in [0.29, 0.717) is 5.39 Å². The average molecular weight is 164 g/mol. The van der Waals surface area contributed by atoms with Crippen molar-refractivity contribution in [1.82, 2.24) is 20.0 Å². The molecule has 0 unspecified atom stereocenters. The van der Waals surface area contributed by atoms with Crippen molar-refractivity contribution in [3.8, 4) is 0 Å². The molecule has 0 bridgehead atoms. The highest BCUT2D eigenvalue weighted by Crippen LogP contribution is 2.09. The molecule has 0 saturated carbocycles. The minimum atomic E-state index is -0.182. The van der Waals surface area contributed by atoms with E-state index in [0.717, 1.165) is 11.2 Å². The zero-order chi connectivity index (χ0) is 8.72. The first-order chi connectivity index (χ1) is 5.70. The largest absolute Gasteiger partial charge is 0.275 e. The van der Waals surface area contributed by atoms with Crippen LogP contribution < -0.4 is 5.56 Å². The summed E-state index contributed by atoms with van der Waals surface area (Å²) < 4.78 is 1.65. The van der Waals surface area contributed by atoms with E-state index < -0.39 is 0 Å². The summed E-state index contributed by atoms with van der Waals surface area (Å²) in [6.07, 6.45) is 1.59. The number of H-pyrrole nitrogens is 1. The van der Waals surface area contributed by atoms with E-state index in [2.05, 4.69) is 15.3 Å².